The third kappa shape index (κ3) is 2.56. The molecule has 2 heterocycles. The molecular formula is C14H13BrN2O3. The van der Waals surface area contributed by atoms with Gasteiger partial charge in [-0.2, -0.15) is 0 Å². The SMILES string of the molecule is CC1CN(C(=O)Cc2ccon2)c2cc(Br)ccc2O1. The zero-order chi connectivity index (χ0) is 14.1. The number of fused-ring (bicyclic) bond motifs is 1. The lowest BCUT2D eigenvalue weighted by atomic mass is 10.1. The molecule has 1 aromatic heterocycles. The van der Waals surface area contributed by atoms with E-state index in [1.54, 1.807) is 11.0 Å². The Morgan fingerprint density at radius 1 is 1.50 bits per heavy atom. The van der Waals surface area contributed by atoms with Crippen LogP contribution in [0.25, 0.3) is 0 Å². The molecule has 0 saturated heterocycles. The number of carbonyl (C=O) groups excluding carboxylic acids is 1. The highest BCUT2D eigenvalue weighted by Crippen LogP contribution is 2.36. The minimum absolute atomic E-state index is 0.0200. The molecule has 6 heteroatoms. The van der Waals surface area contributed by atoms with Gasteiger partial charge in [0, 0.05) is 10.5 Å². The van der Waals surface area contributed by atoms with E-state index in [0.717, 1.165) is 15.9 Å². The van der Waals surface area contributed by atoms with E-state index < -0.39 is 0 Å². The van der Waals surface area contributed by atoms with Crippen LogP contribution in [0.3, 0.4) is 0 Å². The van der Waals surface area contributed by atoms with Crippen molar-refractivity contribution in [3.8, 4) is 5.75 Å². The summed E-state index contributed by atoms with van der Waals surface area (Å²) in [5.74, 6) is 0.703. The summed E-state index contributed by atoms with van der Waals surface area (Å²) in [6.07, 6.45) is 1.65. The minimum Gasteiger partial charge on any atom is -0.487 e. The third-order valence-electron chi connectivity index (χ3n) is 3.10. The summed E-state index contributed by atoms with van der Waals surface area (Å²) in [5.41, 5.74) is 1.41. The first-order valence-corrected chi connectivity index (χ1v) is 7.08. The standard InChI is InChI=1S/C14H13BrN2O3/c1-9-8-17(14(18)7-11-4-5-19-16-11)12-6-10(15)2-3-13(12)20-9/h2-6,9H,7-8H2,1H3. The molecule has 1 aliphatic heterocycles. The summed E-state index contributed by atoms with van der Waals surface area (Å²) in [6, 6.07) is 7.36. The number of ether oxygens (including phenoxy) is 1. The highest BCUT2D eigenvalue weighted by molar-refractivity contribution is 9.10. The van der Waals surface area contributed by atoms with Gasteiger partial charge < -0.3 is 14.2 Å². The fourth-order valence-electron chi connectivity index (χ4n) is 2.23. The summed E-state index contributed by atoms with van der Waals surface area (Å²) in [6.45, 7) is 2.47. The van der Waals surface area contributed by atoms with Crippen LogP contribution in [0.4, 0.5) is 5.69 Å². The van der Waals surface area contributed by atoms with E-state index in [0.29, 0.717) is 12.2 Å². The maximum absolute atomic E-state index is 12.5. The highest BCUT2D eigenvalue weighted by atomic mass is 79.9. The monoisotopic (exact) mass is 336 g/mol. The van der Waals surface area contributed by atoms with Crippen molar-refractivity contribution in [2.24, 2.45) is 0 Å². The molecule has 0 aliphatic carbocycles. The summed E-state index contributed by atoms with van der Waals surface area (Å²) < 4.78 is 11.4. The first-order chi connectivity index (χ1) is 9.63. The molecule has 3 rings (SSSR count). The molecule has 20 heavy (non-hydrogen) atoms. The Morgan fingerprint density at radius 2 is 2.35 bits per heavy atom. The van der Waals surface area contributed by atoms with Crippen LogP contribution < -0.4 is 9.64 Å². The first-order valence-electron chi connectivity index (χ1n) is 6.29. The first kappa shape index (κ1) is 13.2. The second kappa shape index (κ2) is 5.28. The molecule has 1 unspecified atom stereocenters. The van der Waals surface area contributed by atoms with Crippen molar-refractivity contribution in [2.75, 3.05) is 11.4 Å². The average molecular weight is 337 g/mol. The number of hydrogen-bond acceptors (Lipinski definition) is 4. The number of amides is 1. The Hall–Kier alpha value is -1.82. The number of hydrogen-bond donors (Lipinski definition) is 0. The Morgan fingerprint density at radius 3 is 3.10 bits per heavy atom. The van der Waals surface area contributed by atoms with Crippen LogP contribution in [0.15, 0.2) is 39.5 Å². The predicted molar refractivity (Wildman–Crippen MR) is 76.8 cm³/mol. The van der Waals surface area contributed by atoms with Gasteiger partial charge in [-0.1, -0.05) is 21.1 Å². The van der Waals surface area contributed by atoms with Crippen LogP contribution in [0.5, 0.6) is 5.75 Å². The lowest BCUT2D eigenvalue weighted by Crippen LogP contribution is -2.43. The Balaban J connectivity index is 1.89. The summed E-state index contributed by atoms with van der Waals surface area (Å²) in [7, 11) is 0. The van der Waals surface area contributed by atoms with Crippen LogP contribution in [0.1, 0.15) is 12.6 Å². The van der Waals surface area contributed by atoms with E-state index in [9.17, 15) is 4.79 Å². The lowest BCUT2D eigenvalue weighted by molar-refractivity contribution is -0.118. The molecule has 2 aromatic rings. The van der Waals surface area contributed by atoms with Gasteiger partial charge in [-0.15, -0.1) is 0 Å². The molecule has 5 nitrogen and oxygen atoms in total. The zero-order valence-corrected chi connectivity index (χ0v) is 12.5. The largest absolute Gasteiger partial charge is 0.487 e. The van der Waals surface area contributed by atoms with Crippen molar-refractivity contribution in [3.05, 3.63) is 40.7 Å². The maximum Gasteiger partial charge on any atom is 0.233 e. The zero-order valence-electron chi connectivity index (χ0n) is 10.9. The molecule has 0 bridgehead atoms. The maximum atomic E-state index is 12.5. The van der Waals surface area contributed by atoms with Crippen molar-refractivity contribution >= 4 is 27.5 Å². The van der Waals surface area contributed by atoms with Crippen molar-refractivity contribution in [1.29, 1.82) is 0 Å². The van der Waals surface area contributed by atoms with Crippen LogP contribution in [0.2, 0.25) is 0 Å². The topological polar surface area (TPSA) is 55.6 Å². The van der Waals surface area contributed by atoms with Gasteiger partial charge in [0.25, 0.3) is 0 Å². The quantitative estimate of drug-likeness (QED) is 0.846. The number of nitrogens with zero attached hydrogens (tertiary/aromatic N) is 2. The van der Waals surface area contributed by atoms with Crippen molar-refractivity contribution < 1.29 is 14.1 Å². The Kier molecular flexibility index (Phi) is 3.48. The van der Waals surface area contributed by atoms with Crippen LogP contribution in [0, 0.1) is 0 Å². The highest BCUT2D eigenvalue weighted by Gasteiger charge is 2.28. The van der Waals surface area contributed by atoms with E-state index in [1.807, 2.05) is 25.1 Å². The van der Waals surface area contributed by atoms with E-state index in [-0.39, 0.29) is 18.4 Å². The molecule has 1 aliphatic rings. The summed E-state index contributed by atoms with van der Waals surface area (Å²) in [5, 5.41) is 3.78. The summed E-state index contributed by atoms with van der Waals surface area (Å²) >= 11 is 3.42. The number of rotatable bonds is 2. The minimum atomic E-state index is -0.0371. The van der Waals surface area contributed by atoms with Crippen molar-refractivity contribution in [2.45, 2.75) is 19.4 Å². The van der Waals surface area contributed by atoms with Crippen molar-refractivity contribution in [1.82, 2.24) is 5.16 Å². The van der Waals surface area contributed by atoms with Gasteiger partial charge in [0.1, 0.15) is 18.1 Å². The molecule has 0 radical (unpaired) electrons. The fraction of sp³-hybridized carbons (Fsp3) is 0.286. The molecular weight excluding hydrogens is 324 g/mol. The van der Waals surface area contributed by atoms with Crippen molar-refractivity contribution in [3.63, 3.8) is 0 Å². The van der Waals surface area contributed by atoms with E-state index >= 15 is 0 Å². The molecule has 1 aromatic carbocycles. The Bertz CT molecular complexity index is 627. The molecule has 0 saturated carbocycles. The normalized spacial score (nSPS) is 17.5. The fourth-order valence-corrected chi connectivity index (χ4v) is 2.57. The Labute approximate surface area is 124 Å². The van der Waals surface area contributed by atoms with Gasteiger partial charge in [-0.3, -0.25) is 4.79 Å². The third-order valence-corrected chi connectivity index (χ3v) is 3.60. The molecule has 104 valence electrons. The smallest absolute Gasteiger partial charge is 0.233 e. The number of halogens is 1. The van der Waals surface area contributed by atoms with E-state index in [4.69, 9.17) is 9.26 Å². The van der Waals surface area contributed by atoms with E-state index in [1.165, 1.54) is 6.26 Å². The molecule has 0 spiro atoms. The average Bonchev–Trinajstić information content (AvgIpc) is 2.91. The van der Waals surface area contributed by atoms with Gasteiger partial charge in [-0.25, -0.2) is 0 Å². The van der Waals surface area contributed by atoms with Gasteiger partial charge in [-0.05, 0) is 25.1 Å². The van der Waals surface area contributed by atoms with Gasteiger partial charge in [0.15, 0.2) is 0 Å². The molecule has 0 N–H and O–H groups in total. The predicted octanol–water partition coefficient (Wildman–Crippen LogP) is 2.79. The van der Waals surface area contributed by atoms with Crippen LogP contribution >= 0.6 is 15.9 Å². The second-order valence-electron chi connectivity index (χ2n) is 4.71. The number of carbonyl (C=O) groups is 1. The molecule has 1 atom stereocenters. The van der Waals surface area contributed by atoms with Gasteiger partial charge >= 0.3 is 0 Å². The van der Waals surface area contributed by atoms with Gasteiger partial charge in [0.05, 0.1) is 24.3 Å². The van der Waals surface area contributed by atoms with Gasteiger partial charge in [0.2, 0.25) is 5.91 Å². The number of benzene rings is 1. The second-order valence-corrected chi connectivity index (χ2v) is 5.63. The van der Waals surface area contributed by atoms with Crippen LogP contribution in [-0.4, -0.2) is 23.7 Å². The van der Waals surface area contributed by atoms with E-state index in [2.05, 4.69) is 21.1 Å². The lowest BCUT2D eigenvalue weighted by Gasteiger charge is -2.33. The summed E-state index contributed by atoms with van der Waals surface area (Å²) in [4.78, 5) is 14.2. The molecule has 1 amide bonds. The van der Waals surface area contributed by atoms with Crippen LogP contribution in [-0.2, 0) is 11.2 Å². The number of aromatic nitrogens is 1. The number of anilines is 1. The molecule has 0 fully saturated rings.